The molecule has 0 radical (unpaired) electrons. The largest absolute Gasteiger partial charge is 0.481 e. The molecule has 84 valence electrons. The fourth-order valence-corrected chi connectivity index (χ4v) is 3.76. The second-order valence-electron chi connectivity index (χ2n) is 4.87. The van der Waals surface area contributed by atoms with Crippen molar-refractivity contribution in [3.05, 3.63) is 33.8 Å². The van der Waals surface area contributed by atoms with Crippen molar-refractivity contribution in [2.24, 2.45) is 5.92 Å². The van der Waals surface area contributed by atoms with Crippen LogP contribution >= 0.6 is 15.9 Å². The lowest BCUT2D eigenvalue weighted by molar-refractivity contribution is -0.139. The fourth-order valence-electron chi connectivity index (χ4n) is 3.20. The summed E-state index contributed by atoms with van der Waals surface area (Å²) in [6, 6.07) is 6.19. The van der Waals surface area contributed by atoms with Gasteiger partial charge >= 0.3 is 5.97 Å². The van der Waals surface area contributed by atoms with E-state index < -0.39 is 5.97 Å². The number of fused-ring (bicyclic) bond motifs is 2. The molecule has 2 aliphatic rings. The highest BCUT2D eigenvalue weighted by molar-refractivity contribution is 9.10. The van der Waals surface area contributed by atoms with Crippen LogP contribution in [0.5, 0.6) is 0 Å². The van der Waals surface area contributed by atoms with E-state index in [1.807, 2.05) is 6.07 Å². The predicted octanol–water partition coefficient (Wildman–Crippen LogP) is 3.13. The maximum absolute atomic E-state index is 11.1. The molecule has 0 aromatic heterocycles. The van der Waals surface area contributed by atoms with E-state index in [0.717, 1.165) is 30.2 Å². The predicted molar refractivity (Wildman–Crippen MR) is 64.5 cm³/mol. The first-order chi connectivity index (χ1) is 7.65. The van der Waals surface area contributed by atoms with Crippen LogP contribution in [0.2, 0.25) is 0 Å². The Morgan fingerprint density at radius 3 is 3.00 bits per heavy atom. The van der Waals surface area contributed by atoms with E-state index in [-0.39, 0.29) is 11.3 Å². The van der Waals surface area contributed by atoms with Crippen LogP contribution in [0.1, 0.15) is 30.4 Å². The molecule has 2 atom stereocenters. The van der Waals surface area contributed by atoms with Crippen LogP contribution in [0.3, 0.4) is 0 Å². The van der Waals surface area contributed by atoms with E-state index in [1.54, 1.807) is 0 Å². The van der Waals surface area contributed by atoms with Crippen LogP contribution in [-0.4, -0.2) is 11.1 Å². The van der Waals surface area contributed by atoms with Gasteiger partial charge in [0.05, 0.1) is 5.92 Å². The molecule has 0 aliphatic heterocycles. The van der Waals surface area contributed by atoms with E-state index in [4.69, 9.17) is 5.11 Å². The Morgan fingerprint density at radius 1 is 1.50 bits per heavy atom. The van der Waals surface area contributed by atoms with Crippen molar-refractivity contribution >= 4 is 21.9 Å². The highest BCUT2D eigenvalue weighted by Crippen LogP contribution is 2.60. The smallest absolute Gasteiger partial charge is 0.307 e. The number of benzene rings is 1. The van der Waals surface area contributed by atoms with Crippen molar-refractivity contribution in [3.8, 4) is 0 Å². The van der Waals surface area contributed by atoms with E-state index in [9.17, 15) is 4.79 Å². The van der Waals surface area contributed by atoms with Crippen LogP contribution in [0.4, 0.5) is 0 Å². The molecule has 16 heavy (non-hydrogen) atoms. The van der Waals surface area contributed by atoms with Gasteiger partial charge in [0.2, 0.25) is 0 Å². The molecule has 2 aliphatic carbocycles. The number of hydrogen-bond donors (Lipinski definition) is 1. The molecular formula is C13H13BrO2. The molecule has 3 rings (SSSR count). The van der Waals surface area contributed by atoms with Crippen molar-refractivity contribution < 1.29 is 9.90 Å². The third-order valence-corrected chi connectivity index (χ3v) is 4.82. The average molecular weight is 281 g/mol. The number of carboxylic acids is 1. The quantitative estimate of drug-likeness (QED) is 0.858. The zero-order valence-corrected chi connectivity index (χ0v) is 10.5. The second-order valence-corrected chi connectivity index (χ2v) is 5.72. The maximum atomic E-state index is 11.1. The summed E-state index contributed by atoms with van der Waals surface area (Å²) in [6.45, 7) is 0. The summed E-state index contributed by atoms with van der Waals surface area (Å²) in [6.07, 6.45) is 4.05. The van der Waals surface area contributed by atoms with Gasteiger partial charge < -0.3 is 5.11 Å². The Balaban J connectivity index is 2.09. The van der Waals surface area contributed by atoms with Crippen LogP contribution in [0.15, 0.2) is 22.7 Å². The number of carboxylic acid groups (broad SMARTS) is 1. The Kier molecular flexibility index (Phi) is 2.15. The summed E-state index contributed by atoms with van der Waals surface area (Å²) in [5.41, 5.74) is 2.57. The maximum Gasteiger partial charge on any atom is 0.307 e. The zero-order valence-electron chi connectivity index (χ0n) is 8.87. The summed E-state index contributed by atoms with van der Waals surface area (Å²) in [7, 11) is 0. The number of aliphatic carboxylic acids is 1. The third-order valence-electron chi connectivity index (χ3n) is 4.08. The van der Waals surface area contributed by atoms with Crippen LogP contribution in [-0.2, 0) is 16.6 Å². The Bertz CT molecular complexity index is 469. The van der Waals surface area contributed by atoms with Gasteiger partial charge in [0, 0.05) is 9.89 Å². The third kappa shape index (κ3) is 1.27. The van der Waals surface area contributed by atoms with Crippen molar-refractivity contribution in [2.75, 3.05) is 0 Å². The number of halogens is 1. The van der Waals surface area contributed by atoms with Gasteiger partial charge in [0.1, 0.15) is 0 Å². The highest BCUT2D eigenvalue weighted by Gasteiger charge is 2.60. The lowest BCUT2D eigenvalue weighted by Crippen LogP contribution is -2.21. The van der Waals surface area contributed by atoms with E-state index in [2.05, 4.69) is 28.1 Å². The van der Waals surface area contributed by atoms with Gasteiger partial charge in [-0.3, -0.25) is 4.79 Å². The van der Waals surface area contributed by atoms with E-state index >= 15 is 0 Å². The molecule has 1 fully saturated rings. The summed E-state index contributed by atoms with van der Waals surface area (Å²) in [5, 5.41) is 9.15. The van der Waals surface area contributed by atoms with Gasteiger partial charge in [-0.2, -0.15) is 0 Å². The number of carbonyl (C=O) groups is 1. The fraction of sp³-hybridized carbons (Fsp3) is 0.462. The summed E-state index contributed by atoms with van der Waals surface area (Å²) >= 11 is 3.57. The lowest BCUT2D eigenvalue weighted by Gasteiger charge is -2.26. The van der Waals surface area contributed by atoms with Crippen LogP contribution in [0, 0.1) is 5.92 Å². The van der Waals surface area contributed by atoms with Gasteiger partial charge in [-0.1, -0.05) is 28.1 Å². The minimum absolute atomic E-state index is 0.0385. The van der Waals surface area contributed by atoms with Gasteiger partial charge in [0.25, 0.3) is 0 Å². The molecule has 2 unspecified atom stereocenters. The number of hydrogen-bond acceptors (Lipinski definition) is 1. The molecule has 1 aromatic rings. The molecule has 0 saturated heterocycles. The molecule has 0 bridgehead atoms. The first-order valence-corrected chi connectivity index (χ1v) is 6.45. The minimum atomic E-state index is -0.632. The molecule has 1 N–H and O–H groups in total. The molecule has 0 amide bonds. The lowest BCUT2D eigenvalue weighted by atomic mass is 9.78. The van der Waals surface area contributed by atoms with Gasteiger partial charge in [-0.25, -0.2) is 0 Å². The zero-order chi connectivity index (χ0) is 11.3. The van der Waals surface area contributed by atoms with E-state index in [0.29, 0.717) is 0 Å². The minimum Gasteiger partial charge on any atom is -0.481 e. The SMILES string of the molecule is O=C(O)C1CC12CCCc1c(Br)cccc12. The van der Waals surface area contributed by atoms with Crippen molar-refractivity contribution in [3.63, 3.8) is 0 Å². The van der Waals surface area contributed by atoms with Gasteiger partial charge in [0.15, 0.2) is 0 Å². The van der Waals surface area contributed by atoms with Crippen molar-refractivity contribution in [1.82, 2.24) is 0 Å². The molecule has 2 nitrogen and oxygen atoms in total. The summed E-state index contributed by atoms with van der Waals surface area (Å²) in [5.74, 6) is -0.784. The van der Waals surface area contributed by atoms with Crippen LogP contribution < -0.4 is 0 Å². The van der Waals surface area contributed by atoms with Crippen molar-refractivity contribution in [1.29, 1.82) is 0 Å². The Hall–Kier alpha value is -0.830. The first kappa shape index (κ1) is 10.3. The van der Waals surface area contributed by atoms with Crippen molar-refractivity contribution in [2.45, 2.75) is 31.1 Å². The molecule has 1 aromatic carbocycles. The monoisotopic (exact) mass is 280 g/mol. The van der Waals surface area contributed by atoms with Crippen LogP contribution in [0.25, 0.3) is 0 Å². The molecular weight excluding hydrogens is 268 g/mol. The Morgan fingerprint density at radius 2 is 2.31 bits per heavy atom. The topological polar surface area (TPSA) is 37.3 Å². The standard InChI is InChI=1S/C13H13BrO2/c14-11-5-1-4-9-8(11)3-2-6-13(9)7-10(13)12(15)16/h1,4-5,10H,2-3,6-7H2,(H,15,16). The van der Waals surface area contributed by atoms with Gasteiger partial charge in [-0.05, 0) is 42.9 Å². The van der Waals surface area contributed by atoms with Gasteiger partial charge in [-0.15, -0.1) is 0 Å². The second kappa shape index (κ2) is 3.33. The molecule has 1 spiro atoms. The summed E-state index contributed by atoms with van der Waals surface area (Å²) in [4.78, 5) is 11.1. The molecule has 3 heteroatoms. The average Bonchev–Trinajstić information content (AvgIpc) is 2.96. The molecule has 1 saturated carbocycles. The summed E-state index contributed by atoms with van der Waals surface area (Å²) < 4.78 is 1.14. The Labute approximate surface area is 103 Å². The highest BCUT2D eigenvalue weighted by atomic mass is 79.9. The van der Waals surface area contributed by atoms with E-state index in [1.165, 1.54) is 11.1 Å². The first-order valence-electron chi connectivity index (χ1n) is 5.66. The number of rotatable bonds is 1. The molecule has 0 heterocycles. The normalized spacial score (nSPS) is 31.2.